The summed E-state index contributed by atoms with van der Waals surface area (Å²) in [5, 5.41) is 18.3. The van der Waals surface area contributed by atoms with Crippen LogP contribution in [0.2, 0.25) is 0 Å². The number of methoxy groups -OCH3 is 2. The lowest BCUT2D eigenvalue weighted by atomic mass is 10.2. The van der Waals surface area contributed by atoms with Crippen LogP contribution in [0, 0.1) is 22.7 Å². The molecule has 4 aromatic rings. The van der Waals surface area contributed by atoms with E-state index in [2.05, 4.69) is 4.98 Å². The van der Waals surface area contributed by atoms with Crippen LogP contribution < -0.4 is 14.4 Å². The van der Waals surface area contributed by atoms with Crippen molar-refractivity contribution in [2.75, 3.05) is 32.2 Å². The van der Waals surface area contributed by atoms with Crippen LogP contribution in [0.15, 0.2) is 65.8 Å². The quantitative estimate of drug-likeness (QED) is 0.234. The van der Waals surface area contributed by atoms with Crippen LogP contribution in [0.5, 0.6) is 11.5 Å². The van der Waals surface area contributed by atoms with E-state index in [1.807, 2.05) is 18.2 Å². The second kappa shape index (κ2) is 13.2. The molecule has 2 aromatic heterocycles. The Morgan fingerprint density at radius 2 is 1.63 bits per heavy atom. The molecule has 0 saturated heterocycles. The van der Waals surface area contributed by atoms with Gasteiger partial charge in [0, 0.05) is 43.9 Å². The van der Waals surface area contributed by atoms with E-state index in [-0.39, 0.29) is 42.9 Å². The predicted octanol–water partition coefficient (Wildman–Crippen LogP) is 4.37. The molecule has 0 unspecified atom stereocenters. The van der Waals surface area contributed by atoms with Gasteiger partial charge in [0.25, 0.3) is 5.91 Å². The third-order valence-corrected chi connectivity index (χ3v) is 9.13. The van der Waals surface area contributed by atoms with Crippen LogP contribution in [-0.4, -0.2) is 55.9 Å². The van der Waals surface area contributed by atoms with E-state index in [1.54, 1.807) is 37.7 Å². The largest absolute Gasteiger partial charge is 0.495 e. The second-order valence-electron chi connectivity index (χ2n) is 8.64. The molecule has 0 aliphatic rings. The number of rotatable bonds is 12. The second-order valence-corrected chi connectivity index (χ2v) is 11.6. The number of thiazole rings is 1. The summed E-state index contributed by atoms with van der Waals surface area (Å²) in [6, 6.07) is 16.6. The molecule has 2 heterocycles. The van der Waals surface area contributed by atoms with Crippen molar-refractivity contribution in [1.82, 2.24) is 14.3 Å². The molecule has 0 aliphatic carbocycles. The van der Waals surface area contributed by atoms with Crippen LogP contribution >= 0.6 is 11.3 Å². The first kappa shape index (κ1) is 29.4. The first-order valence-electron chi connectivity index (χ1n) is 12.4. The SMILES string of the molecule is COc1ccc(OC)c2sc(N(Cc3cccnc3)C(=O)c3ccc(S(=O)(=O)N(CCC#N)CCC#N)cc3)nc12. The lowest BCUT2D eigenvalue weighted by molar-refractivity contribution is 0.0985. The van der Waals surface area contributed by atoms with Crippen molar-refractivity contribution in [1.29, 1.82) is 10.5 Å². The molecule has 0 spiro atoms. The van der Waals surface area contributed by atoms with E-state index in [4.69, 9.17) is 25.0 Å². The number of benzene rings is 2. The first-order valence-corrected chi connectivity index (χ1v) is 14.7. The lowest BCUT2D eigenvalue weighted by Crippen LogP contribution is -2.33. The zero-order valence-corrected chi connectivity index (χ0v) is 24.0. The number of anilines is 1. The Morgan fingerprint density at radius 1 is 0.976 bits per heavy atom. The monoisotopic (exact) mass is 590 g/mol. The summed E-state index contributed by atoms with van der Waals surface area (Å²) in [7, 11) is -0.892. The van der Waals surface area contributed by atoms with E-state index in [0.717, 1.165) is 9.87 Å². The van der Waals surface area contributed by atoms with Gasteiger partial charge in [-0.2, -0.15) is 14.8 Å². The Kier molecular flexibility index (Phi) is 9.47. The average molecular weight is 591 g/mol. The number of aromatic nitrogens is 2. The Bertz CT molecular complexity index is 1650. The molecule has 2 aromatic carbocycles. The van der Waals surface area contributed by atoms with Crippen LogP contribution in [0.4, 0.5) is 5.13 Å². The number of amides is 1. The first-order chi connectivity index (χ1) is 19.8. The number of hydrogen-bond donors (Lipinski definition) is 0. The van der Waals surface area contributed by atoms with E-state index in [1.165, 1.54) is 47.6 Å². The zero-order chi connectivity index (χ0) is 29.4. The molecule has 41 heavy (non-hydrogen) atoms. The van der Waals surface area contributed by atoms with Crippen molar-refractivity contribution >= 4 is 42.6 Å². The number of hydrogen-bond acceptors (Lipinski definition) is 10. The Balaban J connectivity index is 1.72. The van der Waals surface area contributed by atoms with E-state index < -0.39 is 15.9 Å². The van der Waals surface area contributed by atoms with Gasteiger partial charge in [0.05, 0.1) is 37.8 Å². The number of carbonyl (C=O) groups excluding carboxylic acids is 1. The molecule has 1 amide bonds. The fourth-order valence-electron chi connectivity index (χ4n) is 4.07. The highest BCUT2D eigenvalue weighted by Gasteiger charge is 2.27. The van der Waals surface area contributed by atoms with Gasteiger partial charge in [-0.05, 0) is 48.0 Å². The molecule has 0 N–H and O–H groups in total. The van der Waals surface area contributed by atoms with Gasteiger partial charge in [-0.3, -0.25) is 14.7 Å². The highest BCUT2D eigenvalue weighted by molar-refractivity contribution is 7.89. The molecule has 0 aliphatic heterocycles. The van der Waals surface area contributed by atoms with E-state index >= 15 is 0 Å². The normalized spacial score (nSPS) is 11.1. The van der Waals surface area contributed by atoms with Crippen molar-refractivity contribution in [3.63, 3.8) is 0 Å². The number of ether oxygens (including phenoxy) is 2. The smallest absolute Gasteiger partial charge is 0.260 e. The fourth-order valence-corrected chi connectivity index (χ4v) is 6.58. The van der Waals surface area contributed by atoms with Crippen molar-refractivity contribution < 1.29 is 22.7 Å². The van der Waals surface area contributed by atoms with Crippen LogP contribution in [-0.2, 0) is 16.6 Å². The fraction of sp³-hybridized carbons (Fsp3) is 0.250. The van der Waals surface area contributed by atoms with E-state index in [9.17, 15) is 13.2 Å². The lowest BCUT2D eigenvalue weighted by Gasteiger charge is -2.21. The van der Waals surface area contributed by atoms with Gasteiger partial charge in [-0.15, -0.1) is 0 Å². The third kappa shape index (κ3) is 6.44. The molecule has 4 rings (SSSR count). The van der Waals surface area contributed by atoms with Crippen LogP contribution in [0.3, 0.4) is 0 Å². The van der Waals surface area contributed by atoms with Crippen molar-refractivity contribution in [3.05, 3.63) is 72.1 Å². The summed E-state index contributed by atoms with van der Waals surface area (Å²) < 4.78 is 39.2. The third-order valence-electron chi connectivity index (χ3n) is 6.12. The summed E-state index contributed by atoms with van der Waals surface area (Å²) in [6.07, 6.45) is 3.27. The van der Waals surface area contributed by atoms with Gasteiger partial charge in [-0.1, -0.05) is 17.4 Å². The van der Waals surface area contributed by atoms with Gasteiger partial charge in [0.15, 0.2) is 5.13 Å². The van der Waals surface area contributed by atoms with Gasteiger partial charge < -0.3 is 9.47 Å². The zero-order valence-electron chi connectivity index (χ0n) is 22.4. The molecule has 0 atom stereocenters. The number of sulfonamides is 1. The maximum absolute atomic E-state index is 13.9. The molecule has 0 radical (unpaired) electrons. The van der Waals surface area contributed by atoms with Crippen molar-refractivity contribution in [2.24, 2.45) is 0 Å². The number of fused-ring (bicyclic) bond motifs is 1. The number of carbonyl (C=O) groups is 1. The van der Waals surface area contributed by atoms with E-state index in [0.29, 0.717) is 26.8 Å². The summed E-state index contributed by atoms with van der Waals surface area (Å²) in [4.78, 5) is 24.2. The van der Waals surface area contributed by atoms with Crippen LogP contribution in [0.25, 0.3) is 10.2 Å². The highest BCUT2D eigenvalue weighted by atomic mass is 32.2. The molecule has 0 saturated carbocycles. The molecule has 210 valence electrons. The van der Waals surface area contributed by atoms with Crippen LogP contribution in [0.1, 0.15) is 28.8 Å². The Hall–Kier alpha value is -4.56. The molecule has 0 bridgehead atoms. The molecule has 11 nitrogen and oxygen atoms in total. The van der Waals surface area contributed by atoms with Gasteiger partial charge in [-0.25, -0.2) is 13.4 Å². The standard InChI is InChI=1S/C28H26N6O5S2/c1-38-23-11-12-24(39-2)26-25(23)32-28(40-26)34(19-20-6-3-15-31-18-20)27(35)21-7-9-22(10-8-21)41(36,37)33(16-4-13-29)17-5-14-30/h3,6-12,15,18H,4-5,16-17,19H2,1-2H3. The minimum absolute atomic E-state index is 0.0116. The maximum atomic E-state index is 13.9. The molecule has 0 fully saturated rings. The number of nitrogens with zero attached hydrogens (tertiary/aromatic N) is 6. The Morgan fingerprint density at radius 3 is 2.22 bits per heavy atom. The minimum atomic E-state index is -3.98. The maximum Gasteiger partial charge on any atom is 0.260 e. The summed E-state index contributed by atoms with van der Waals surface area (Å²) >= 11 is 1.27. The summed E-state index contributed by atoms with van der Waals surface area (Å²) in [6.45, 7) is 0.0858. The number of pyridine rings is 1. The molecule has 13 heteroatoms. The average Bonchev–Trinajstić information content (AvgIpc) is 3.45. The van der Waals surface area contributed by atoms with Gasteiger partial charge >= 0.3 is 0 Å². The minimum Gasteiger partial charge on any atom is -0.495 e. The number of nitriles is 2. The molecular weight excluding hydrogens is 564 g/mol. The summed E-state index contributed by atoms with van der Waals surface area (Å²) in [5.74, 6) is 0.717. The molecular formula is C28H26N6O5S2. The highest BCUT2D eigenvalue weighted by Crippen LogP contribution is 2.40. The van der Waals surface area contributed by atoms with Gasteiger partial charge in [0.2, 0.25) is 10.0 Å². The van der Waals surface area contributed by atoms with Gasteiger partial charge in [0.1, 0.15) is 21.7 Å². The Labute approximate surface area is 241 Å². The predicted molar refractivity (Wildman–Crippen MR) is 153 cm³/mol. The van der Waals surface area contributed by atoms with Crippen molar-refractivity contribution in [2.45, 2.75) is 24.3 Å². The van der Waals surface area contributed by atoms with Crippen molar-refractivity contribution in [3.8, 4) is 23.6 Å². The summed E-state index contributed by atoms with van der Waals surface area (Å²) in [5.41, 5.74) is 1.56. The topological polar surface area (TPSA) is 150 Å².